The average Bonchev–Trinajstić information content (AvgIpc) is 2.39. The lowest BCUT2D eigenvalue weighted by atomic mass is 10.0. The summed E-state index contributed by atoms with van der Waals surface area (Å²) in [5, 5.41) is 11.5. The highest BCUT2D eigenvalue weighted by molar-refractivity contribution is 5.74. The van der Waals surface area contributed by atoms with E-state index in [1.165, 1.54) is 4.90 Å². The van der Waals surface area contributed by atoms with E-state index in [0.29, 0.717) is 12.5 Å². The second-order valence-electron chi connectivity index (χ2n) is 5.05. The highest BCUT2D eigenvalue weighted by atomic mass is 16.5. The van der Waals surface area contributed by atoms with E-state index in [2.05, 4.69) is 19.2 Å². The van der Waals surface area contributed by atoms with E-state index in [1.807, 2.05) is 24.3 Å². The molecule has 2 N–H and O–H groups in total. The number of hydrogen-bond acceptors (Lipinski definition) is 3. The molecule has 112 valence electrons. The average molecular weight is 280 g/mol. The van der Waals surface area contributed by atoms with E-state index >= 15 is 0 Å². The monoisotopic (exact) mass is 280 g/mol. The van der Waals surface area contributed by atoms with E-state index < -0.39 is 6.23 Å². The normalized spacial score (nSPS) is 12.1. The van der Waals surface area contributed by atoms with E-state index in [9.17, 15) is 4.79 Å². The lowest BCUT2D eigenvalue weighted by Gasteiger charge is -2.23. The number of amides is 2. The summed E-state index contributed by atoms with van der Waals surface area (Å²) in [5.41, 5.74) is 1.11. The van der Waals surface area contributed by atoms with Gasteiger partial charge in [0.2, 0.25) is 0 Å². The number of likely N-dealkylation sites (N-methyl/N-ethyl adjacent to an activating group) is 1. The fraction of sp³-hybridized carbons (Fsp3) is 0.533. The first-order valence-corrected chi connectivity index (χ1v) is 6.83. The summed E-state index contributed by atoms with van der Waals surface area (Å²) in [6.45, 7) is 6.21. The molecule has 20 heavy (non-hydrogen) atoms. The first-order chi connectivity index (χ1) is 9.45. The van der Waals surface area contributed by atoms with Crippen LogP contribution in [-0.2, 0) is 0 Å². The number of carbonyl (C=O) groups excluding carboxylic acids is 1. The van der Waals surface area contributed by atoms with Crippen LogP contribution in [0.3, 0.4) is 0 Å². The molecular formula is C15H24N2O3. The molecule has 1 unspecified atom stereocenters. The zero-order valence-electron chi connectivity index (χ0n) is 12.6. The number of ether oxygens (including phenoxy) is 1. The number of aliphatic hydroxyl groups excluding tert-OH is 1. The zero-order chi connectivity index (χ0) is 15.1. The molecule has 0 spiro atoms. The number of urea groups is 1. The van der Waals surface area contributed by atoms with Gasteiger partial charge in [-0.15, -0.1) is 0 Å². The minimum absolute atomic E-state index is 0.0602. The van der Waals surface area contributed by atoms with Crippen LogP contribution in [0.4, 0.5) is 4.79 Å². The summed E-state index contributed by atoms with van der Waals surface area (Å²) in [5.74, 6) is 1.13. The largest absolute Gasteiger partial charge is 0.471 e. The van der Waals surface area contributed by atoms with Crippen molar-refractivity contribution in [3.05, 3.63) is 29.8 Å². The molecule has 0 heterocycles. The predicted octanol–water partition coefficient (Wildman–Crippen LogP) is 2.17. The molecule has 1 atom stereocenters. The molecule has 2 amide bonds. The molecule has 0 bridgehead atoms. The van der Waals surface area contributed by atoms with Crippen LogP contribution in [0.5, 0.6) is 5.75 Å². The molecular weight excluding hydrogens is 256 g/mol. The maximum atomic E-state index is 11.8. The molecule has 0 aliphatic carbocycles. The third-order valence-corrected chi connectivity index (χ3v) is 2.95. The van der Waals surface area contributed by atoms with Crippen LogP contribution in [0.2, 0.25) is 0 Å². The molecule has 5 heteroatoms. The Hall–Kier alpha value is -1.75. The molecule has 1 aromatic rings. The highest BCUT2D eigenvalue weighted by Gasteiger charge is 2.14. The number of nitrogens with zero attached hydrogens (tertiary/aromatic N) is 1. The smallest absolute Gasteiger partial charge is 0.320 e. The molecule has 0 aliphatic heterocycles. The van der Waals surface area contributed by atoms with Crippen molar-refractivity contribution in [1.29, 1.82) is 0 Å². The van der Waals surface area contributed by atoms with Gasteiger partial charge < -0.3 is 20.1 Å². The standard InChI is InChI=1S/C15H24N2O3/c1-11(2)13-7-5-6-8-14(13)20-12(3)16-15(19)17(4)9-10-18/h5-8,11-12,18H,9-10H2,1-4H3,(H,16,19). The molecule has 1 rings (SSSR count). The van der Waals surface area contributed by atoms with E-state index in [-0.39, 0.29) is 12.6 Å². The summed E-state index contributed by atoms with van der Waals surface area (Å²) >= 11 is 0. The first-order valence-electron chi connectivity index (χ1n) is 6.83. The van der Waals surface area contributed by atoms with Crippen LogP contribution in [0.15, 0.2) is 24.3 Å². The molecule has 0 radical (unpaired) electrons. The fourth-order valence-corrected chi connectivity index (χ4v) is 1.82. The number of aliphatic hydroxyl groups is 1. The van der Waals surface area contributed by atoms with Crippen LogP contribution in [0.25, 0.3) is 0 Å². The number of benzene rings is 1. The molecule has 5 nitrogen and oxygen atoms in total. The van der Waals surface area contributed by atoms with Crippen LogP contribution in [0, 0.1) is 0 Å². The van der Waals surface area contributed by atoms with Gasteiger partial charge in [-0.25, -0.2) is 4.79 Å². The van der Waals surface area contributed by atoms with E-state index in [4.69, 9.17) is 9.84 Å². The summed E-state index contributed by atoms with van der Waals surface area (Å²) in [4.78, 5) is 13.2. The molecule has 0 saturated heterocycles. The topological polar surface area (TPSA) is 61.8 Å². The number of para-hydroxylation sites is 1. The van der Waals surface area contributed by atoms with Gasteiger partial charge in [0, 0.05) is 13.6 Å². The van der Waals surface area contributed by atoms with Crippen molar-refractivity contribution in [2.75, 3.05) is 20.2 Å². The maximum Gasteiger partial charge on any atom is 0.320 e. The summed E-state index contributed by atoms with van der Waals surface area (Å²) in [6, 6.07) is 7.53. The first kappa shape index (κ1) is 16.3. The lowest BCUT2D eigenvalue weighted by molar-refractivity contribution is 0.151. The van der Waals surface area contributed by atoms with Crippen molar-refractivity contribution >= 4 is 6.03 Å². The fourth-order valence-electron chi connectivity index (χ4n) is 1.82. The Kier molecular flexibility index (Phi) is 6.31. The van der Waals surface area contributed by atoms with Crippen LogP contribution >= 0.6 is 0 Å². The quantitative estimate of drug-likeness (QED) is 0.785. The minimum atomic E-state index is -0.441. The Morgan fingerprint density at radius 2 is 2.00 bits per heavy atom. The minimum Gasteiger partial charge on any atom is -0.471 e. The Labute approximate surface area is 120 Å². The number of hydrogen-bond donors (Lipinski definition) is 2. The van der Waals surface area contributed by atoms with Gasteiger partial charge in [0.1, 0.15) is 5.75 Å². The van der Waals surface area contributed by atoms with Gasteiger partial charge >= 0.3 is 6.03 Å². The van der Waals surface area contributed by atoms with Crippen molar-refractivity contribution < 1.29 is 14.6 Å². The van der Waals surface area contributed by atoms with Gasteiger partial charge in [0.25, 0.3) is 0 Å². The van der Waals surface area contributed by atoms with Crippen molar-refractivity contribution in [1.82, 2.24) is 10.2 Å². The summed E-state index contributed by atoms with van der Waals surface area (Å²) < 4.78 is 5.78. The number of nitrogens with one attached hydrogen (secondary N) is 1. The predicted molar refractivity (Wildman–Crippen MR) is 78.9 cm³/mol. The third-order valence-electron chi connectivity index (χ3n) is 2.95. The Morgan fingerprint density at radius 1 is 1.35 bits per heavy atom. The second-order valence-corrected chi connectivity index (χ2v) is 5.05. The van der Waals surface area contributed by atoms with E-state index in [0.717, 1.165) is 11.3 Å². The van der Waals surface area contributed by atoms with Crippen molar-refractivity contribution in [2.24, 2.45) is 0 Å². The van der Waals surface area contributed by atoms with Gasteiger partial charge in [0.05, 0.1) is 6.61 Å². The summed E-state index contributed by atoms with van der Waals surface area (Å²) in [6.07, 6.45) is -0.441. The van der Waals surface area contributed by atoms with Crippen LogP contribution in [-0.4, -0.2) is 42.5 Å². The molecule has 1 aromatic carbocycles. The van der Waals surface area contributed by atoms with Gasteiger partial charge in [0.15, 0.2) is 6.23 Å². The zero-order valence-corrected chi connectivity index (χ0v) is 12.6. The number of carbonyl (C=O) groups is 1. The van der Waals surface area contributed by atoms with Crippen molar-refractivity contribution in [3.8, 4) is 5.75 Å². The SMILES string of the molecule is CC(NC(=O)N(C)CCO)Oc1ccccc1C(C)C. The molecule has 0 aromatic heterocycles. The van der Waals surface area contributed by atoms with Gasteiger partial charge in [-0.1, -0.05) is 32.0 Å². The van der Waals surface area contributed by atoms with Crippen LogP contribution in [0.1, 0.15) is 32.3 Å². The summed E-state index contributed by atoms with van der Waals surface area (Å²) in [7, 11) is 1.63. The Balaban J connectivity index is 2.63. The van der Waals surface area contributed by atoms with Gasteiger partial charge in [-0.3, -0.25) is 0 Å². The van der Waals surface area contributed by atoms with Gasteiger partial charge in [-0.2, -0.15) is 0 Å². The van der Waals surface area contributed by atoms with Crippen molar-refractivity contribution in [2.45, 2.75) is 32.9 Å². The van der Waals surface area contributed by atoms with Crippen molar-refractivity contribution in [3.63, 3.8) is 0 Å². The molecule has 0 saturated carbocycles. The third kappa shape index (κ3) is 4.74. The highest BCUT2D eigenvalue weighted by Crippen LogP contribution is 2.26. The Morgan fingerprint density at radius 3 is 2.60 bits per heavy atom. The second kappa shape index (κ2) is 7.75. The molecule has 0 fully saturated rings. The van der Waals surface area contributed by atoms with E-state index in [1.54, 1.807) is 14.0 Å². The maximum absolute atomic E-state index is 11.8. The van der Waals surface area contributed by atoms with Gasteiger partial charge in [-0.05, 0) is 24.5 Å². The van der Waals surface area contributed by atoms with Crippen LogP contribution < -0.4 is 10.1 Å². The molecule has 0 aliphatic rings. The Bertz CT molecular complexity index is 435. The number of rotatable bonds is 6. The lowest BCUT2D eigenvalue weighted by Crippen LogP contribution is -2.45.